The second kappa shape index (κ2) is 7.78. The van der Waals surface area contributed by atoms with Crippen LogP contribution < -0.4 is 10.1 Å². The first-order chi connectivity index (χ1) is 10.3. The van der Waals surface area contributed by atoms with E-state index in [-0.39, 0.29) is 0 Å². The summed E-state index contributed by atoms with van der Waals surface area (Å²) in [6, 6.07) is 8.11. The smallest absolute Gasteiger partial charge is 0.150 e. The molecule has 1 N–H and O–H groups in total. The lowest BCUT2D eigenvalue weighted by Crippen LogP contribution is -2.14. The maximum absolute atomic E-state index is 5.91. The molecule has 0 radical (unpaired) electrons. The highest BCUT2D eigenvalue weighted by Gasteiger charge is 2.07. The van der Waals surface area contributed by atoms with E-state index in [1.807, 2.05) is 29.9 Å². The number of hydrogen-bond acceptors (Lipinski definition) is 4. The van der Waals surface area contributed by atoms with Gasteiger partial charge in [0.15, 0.2) is 5.82 Å². The van der Waals surface area contributed by atoms with E-state index in [1.54, 1.807) is 0 Å². The minimum Gasteiger partial charge on any atom is -0.491 e. The van der Waals surface area contributed by atoms with Gasteiger partial charge in [-0.05, 0) is 13.1 Å². The fourth-order valence-corrected chi connectivity index (χ4v) is 2.24. The predicted octanol–water partition coefficient (Wildman–Crippen LogP) is 2.20. The van der Waals surface area contributed by atoms with Crippen molar-refractivity contribution in [3.05, 3.63) is 41.5 Å². The monoisotopic (exact) mass is 288 g/mol. The van der Waals surface area contributed by atoms with Crippen LogP contribution >= 0.6 is 0 Å². The van der Waals surface area contributed by atoms with Crippen molar-refractivity contribution in [2.75, 3.05) is 13.7 Å². The molecule has 5 nitrogen and oxygen atoms in total. The quantitative estimate of drug-likeness (QED) is 0.809. The third kappa shape index (κ3) is 4.04. The molecule has 0 aliphatic heterocycles. The van der Waals surface area contributed by atoms with Gasteiger partial charge in [-0.15, -0.1) is 0 Å². The maximum Gasteiger partial charge on any atom is 0.150 e. The number of aromatic nitrogens is 3. The van der Waals surface area contributed by atoms with Crippen LogP contribution in [-0.4, -0.2) is 28.4 Å². The second-order valence-corrected chi connectivity index (χ2v) is 4.86. The van der Waals surface area contributed by atoms with E-state index in [4.69, 9.17) is 4.74 Å². The fourth-order valence-electron chi connectivity index (χ4n) is 2.24. The molecule has 0 unspecified atom stereocenters. The predicted molar refractivity (Wildman–Crippen MR) is 83.5 cm³/mol. The molecule has 0 amide bonds. The summed E-state index contributed by atoms with van der Waals surface area (Å²) in [7, 11) is 1.94. The Morgan fingerprint density at radius 1 is 1.19 bits per heavy atom. The zero-order valence-corrected chi connectivity index (χ0v) is 13.1. The van der Waals surface area contributed by atoms with Crippen LogP contribution in [0.2, 0.25) is 0 Å². The lowest BCUT2D eigenvalue weighted by Gasteiger charge is -2.11. The molecule has 0 aliphatic carbocycles. The van der Waals surface area contributed by atoms with Gasteiger partial charge in [0.25, 0.3) is 0 Å². The van der Waals surface area contributed by atoms with Crippen LogP contribution in [0.4, 0.5) is 0 Å². The number of aryl methyl sites for hydroxylation is 2. The molecule has 0 fully saturated rings. The molecule has 1 aromatic heterocycles. The van der Waals surface area contributed by atoms with E-state index in [0.29, 0.717) is 6.61 Å². The summed E-state index contributed by atoms with van der Waals surface area (Å²) < 4.78 is 7.87. The van der Waals surface area contributed by atoms with Gasteiger partial charge in [-0.1, -0.05) is 32.0 Å². The van der Waals surface area contributed by atoms with Crippen molar-refractivity contribution in [2.24, 2.45) is 0 Å². The van der Waals surface area contributed by atoms with Crippen LogP contribution in [0.3, 0.4) is 0 Å². The Labute approximate surface area is 126 Å². The number of para-hydroxylation sites is 1. The topological polar surface area (TPSA) is 52.0 Å². The van der Waals surface area contributed by atoms with Crippen LogP contribution in [0, 0.1) is 0 Å². The standard InChI is InChI=1S/C16H24N4O/c1-4-15-18-16(5-2)20(19-15)10-11-21-14-9-7-6-8-13(14)12-17-3/h6-9,17H,4-5,10-12H2,1-3H3. The van der Waals surface area contributed by atoms with E-state index in [1.165, 1.54) is 5.56 Å². The normalized spacial score (nSPS) is 10.8. The number of nitrogens with zero attached hydrogens (tertiary/aromatic N) is 3. The van der Waals surface area contributed by atoms with E-state index in [9.17, 15) is 0 Å². The molecule has 0 bridgehead atoms. The summed E-state index contributed by atoms with van der Waals surface area (Å²) in [5, 5.41) is 7.66. The molecule has 1 aromatic carbocycles. The van der Waals surface area contributed by atoms with Crippen LogP contribution in [-0.2, 0) is 25.9 Å². The van der Waals surface area contributed by atoms with Gasteiger partial charge in [0.05, 0.1) is 6.54 Å². The number of benzene rings is 1. The molecule has 5 heteroatoms. The molecule has 0 atom stereocenters. The molecule has 21 heavy (non-hydrogen) atoms. The Balaban J connectivity index is 1.97. The molecule has 2 rings (SSSR count). The third-order valence-electron chi connectivity index (χ3n) is 3.33. The Bertz CT molecular complexity index is 565. The summed E-state index contributed by atoms with van der Waals surface area (Å²) >= 11 is 0. The van der Waals surface area contributed by atoms with Crippen molar-refractivity contribution >= 4 is 0 Å². The first-order valence-corrected chi connectivity index (χ1v) is 7.56. The lowest BCUT2D eigenvalue weighted by molar-refractivity contribution is 0.285. The van der Waals surface area contributed by atoms with E-state index in [0.717, 1.165) is 43.3 Å². The summed E-state index contributed by atoms with van der Waals surface area (Å²) in [5.41, 5.74) is 1.17. The molecule has 0 saturated heterocycles. The summed E-state index contributed by atoms with van der Waals surface area (Å²) in [4.78, 5) is 4.51. The fraction of sp³-hybridized carbons (Fsp3) is 0.500. The molecule has 0 aliphatic rings. The van der Waals surface area contributed by atoms with Crippen LogP contribution in [0.15, 0.2) is 24.3 Å². The van der Waals surface area contributed by atoms with E-state index >= 15 is 0 Å². The summed E-state index contributed by atoms with van der Waals surface area (Å²) in [5.74, 6) is 2.86. The molecule has 114 valence electrons. The van der Waals surface area contributed by atoms with Crippen molar-refractivity contribution in [1.29, 1.82) is 0 Å². The van der Waals surface area contributed by atoms with Crippen molar-refractivity contribution in [3.63, 3.8) is 0 Å². The Morgan fingerprint density at radius 3 is 2.71 bits per heavy atom. The third-order valence-corrected chi connectivity index (χ3v) is 3.33. The number of ether oxygens (including phenoxy) is 1. The summed E-state index contributed by atoms with van der Waals surface area (Å²) in [6.45, 7) is 6.30. The lowest BCUT2D eigenvalue weighted by atomic mass is 10.2. The highest BCUT2D eigenvalue weighted by molar-refractivity contribution is 5.33. The van der Waals surface area contributed by atoms with Crippen molar-refractivity contribution in [3.8, 4) is 5.75 Å². The van der Waals surface area contributed by atoms with E-state index in [2.05, 4.69) is 35.3 Å². The molecule has 1 heterocycles. The maximum atomic E-state index is 5.91. The van der Waals surface area contributed by atoms with Crippen LogP contribution in [0.1, 0.15) is 31.1 Å². The first-order valence-electron chi connectivity index (χ1n) is 7.56. The minimum absolute atomic E-state index is 0.597. The molecule has 0 spiro atoms. The van der Waals surface area contributed by atoms with Gasteiger partial charge in [0, 0.05) is 24.9 Å². The highest BCUT2D eigenvalue weighted by atomic mass is 16.5. The van der Waals surface area contributed by atoms with Crippen molar-refractivity contribution in [1.82, 2.24) is 20.1 Å². The van der Waals surface area contributed by atoms with Gasteiger partial charge < -0.3 is 10.1 Å². The SMILES string of the molecule is CCc1nc(CC)n(CCOc2ccccc2CNC)n1. The molecule has 0 saturated carbocycles. The minimum atomic E-state index is 0.597. The van der Waals surface area contributed by atoms with Gasteiger partial charge in [-0.2, -0.15) is 5.10 Å². The van der Waals surface area contributed by atoms with Gasteiger partial charge in [0.2, 0.25) is 0 Å². The Morgan fingerprint density at radius 2 is 2.00 bits per heavy atom. The second-order valence-electron chi connectivity index (χ2n) is 4.86. The zero-order valence-electron chi connectivity index (χ0n) is 13.1. The van der Waals surface area contributed by atoms with Gasteiger partial charge in [0.1, 0.15) is 18.2 Å². The molecular formula is C16H24N4O. The average Bonchev–Trinajstić information content (AvgIpc) is 2.92. The van der Waals surface area contributed by atoms with Gasteiger partial charge in [-0.3, -0.25) is 0 Å². The Kier molecular flexibility index (Phi) is 5.75. The number of nitrogens with one attached hydrogen (secondary N) is 1. The number of hydrogen-bond donors (Lipinski definition) is 1. The number of rotatable bonds is 8. The van der Waals surface area contributed by atoms with Gasteiger partial charge >= 0.3 is 0 Å². The van der Waals surface area contributed by atoms with Crippen molar-refractivity contribution in [2.45, 2.75) is 39.8 Å². The Hall–Kier alpha value is -1.88. The molecule has 2 aromatic rings. The van der Waals surface area contributed by atoms with E-state index < -0.39 is 0 Å². The average molecular weight is 288 g/mol. The van der Waals surface area contributed by atoms with Crippen molar-refractivity contribution < 1.29 is 4.74 Å². The largest absolute Gasteiger partial charge is 0.491 e. The molecular weight excluding hydrogens is 264 g/mol. The first kappa shape index (κ1) is 15.5. The van der Waals surface area contributed by atoms with Crippen LogP contribution in [0.25, 0.3) is 0 Å². The highest BCUT2D eigenvalue weighted by Crippen LogP contribution is 2.17. The zero-order chi connectivity index (χ0) is 15.1. The van der Waals surface area contributed by atoms with Crippen LogP contribution in [0.5, 0.6) is 5.75 Å². The van der Waals surface area contributed by atoms with Gasteiger partial charge in [-0.25, -0.2) is 9.67 Å². The summed E-state index contributed by atoms with van der Waals surface area (Å²) in [6.07, 6.45) is 1.76.